The zero-order valence-corrected chi connectivity index (χ0v) is 12.5. The lowest BCUT2D eigenvalue weighted by Crippen LogP contribution is -2.10. The predicted molar refractivity (Wildman–Crippen MR) is 83.8 cm³/mol. The maximum absolute atomic E-state index is 11.0. The molecule has 0 aliphatic carbocycles. The van der Waals surface area contributed by atoms with E-state index in [4.69, 9.17) is 15.0 Å². The quantitative estimate of drug-likeness (QED) is 0.782. The normalized spacial score (nSPS) is 10.5. The molecule has 0 bridgehead atoms. The van der Waals surface area contributed by atoms with Gasteiger partial charge in [0, 0.05) is 18.1 Å². The van der Waals surface area contributed by atoms with Gasteiger partial charge in [-0.1, -0.05) is 29.4 Å². The van der Waals surface area contributed by atoms with E-state index in [0.29, 0.717) is 29.6 Å². The van der Waals surface area contributed by atoms with Gasteiger partial charge in [-0.05, 0) is 29.8 Å². The Morgan fingerprint density at radius 3 is 2.65 bits per heavy atom. The van der Waals surface area contributed by atoms with Gasteiger partial charge in [-0.15, -0.1) is 0 Å². The van der Waals surface area contributed by atoms with E-state index < -0.39 is 5.91 Å². The molecule has 23 heavy (non-hydrogen) atoms. The van der Waals surface area contributed by atoms with E-state index in [0.717, 1.165) is 11.1 Å². The summed E-state index contributed by atoms with van der Waals surface area (Å²) >= 11 is 0. The van der Waals surface area contributed by atoms with E-state index >= 15 is 0 Å². The van der Waals surface area contributed by atoms with Crippen LogP contribution in [0.1, 0.15) is 21.8 Å². The second-order valence-corrected chi connectivity index (χ2v) is 5.01. The number of hydrogen-bond donors (Lipinski definition) is 1. The summed E-state index contributed by atoms with van der Waals surface area (Å²) in [5.41, 5.74) is 7.45. The van der Waals surface area contributed by atoms with Gasteiger partial charge in [0.25, 0.3) is 0 Å². The molecule has 0 unspecified atom stereocenters. The first-order chi connectivity index (χ1) is 11.1. The lowest BCUT2D eigenvalue weighted by molar-refractivity contribution is 0.1000. The van der Waals surface area contributed by atoms with Gasteiger partial charge in [-0.2, -0.15) is 4.98 Å². The standard InChI is InChI=1S/C17H15N3O3/c1-11-19-17(20-23-11)14-3-2-4-15(9-14)22-10-12-5-7-13(8-6-12)16(18)21/h2-9H,10H2,1H3,(H2,18,21). The molecule has 0 atom stereocenters. The molecule has 0 saturated carbocycles. The second-order valence-electron chi connectivity index (χ2n) is 5.01. The van der Waals surface area contributed by atoms with Gasteiger partial charge >= 0.3 is 0 Å². The highest BCUT2D eigenvalue weighted by molar-refractivity contribution is 5.92. The highest BCUT2D eigenvalue weighted by Crippen LogP contribution is 2.22. The number of primary amides is 1. The minimum absolute atomic E-state index is 0.383. The summed E-state index contributed by atoms with van der Waals surface area (Å²) in [6.07, 6.45) is 0. The average molecular weight is 309 g/mol. The molecule has 1 amide bonds. The topological polar surface area (TPSA) is 91.2 Å². The third-order valence-electron chi connectivity index (χ3n) is 3.26. The fraction of sp³-hybridized carbons (Fsp3) is 0.118. The maximum atomic E-state index is 11.0. The van der Waals surface area contributed by atoms with Crippen LogP contribution in [0.3, 0.4) is 0 Å². The summed E-state index contributed by atoms with van der Waals surface area (Å²) in [5, 5.41) is 3.89. The van der Waals surface area contributed by atoms with Crippen molar-refractivity contribution in [1.29, 1.82) is 0 Å². The SMILES string of the molecule is Cc1nc(-c2cccc(OCc3ccc(C(N)=O)cc3)c2)no1. The molecule has 3 rings (SSSR count). The molecule has 0 radical (unpaired) electrons. The number of rotatable bonds is 5. The number of nitrogens with zero attached hydrogens (tertiary/aromatic N) is 2. The van der Waals surface area contributed by atoms with Gasteiger partial charge in [0.1, 0.15) is 12.4 Å². The predicted octanol–water partition coefficient (Wildman–Crippen LogP) is 2.72. The molecule has 1 heterocycles. The number of aromatic nitrogens is 2. The Hall–Kier alpha value is -3.15. The van der Waals surface area contributed by atoms with Crippen molar-refractivity contribution in [2.24, 2.45) is 5.73 Å². The lowest BCUT2D eigenvalue weighted by Gasteiger charge is -2.07. The Balaban J connectivity index is 1.69. The molecule has 1 aromatic heterocycles. The van der Waals surface area contributed by atoms with Crippen molar-refractivity contribution in [3.63, 3.8) is 0 Å². The smallest absolute Gasteiger partial charge is 0.248 e. The van der Waals surface area contributed by atoms with Crippen LogP contribution >= 0.6 is 0 Å². The molecule has 0 saturated heterocycles. The van der Waals surface area contributed by atoms with Gasteiger partial charge in [0.05, 0.1) is 0 Å². The first kappa shape index (κ1) is 14.8. The highest BCUT2D eigenvalue weighted by atomic mass is 16.5. The number of aryl methyl sites for hydroxylation is 1. The summed E-state index contributed by atoms with van der Waals surface area (Å²) in [7, 11) is 0. The molecule has 6 heteroatoms. The van der Waals surface area contributed by atoms with Crippen LogP contribution in [0.5, 0.6) is 5.75 Å². The molecule has 0 fully saturated rings. The highest BCUT2D eigenvalue weighted by Gasteiger charge is 2.07. The van der Waals surface area contributed by atoms with Gasteiger partial charge in [0.15, 0.2) is 0 Å². The number of carbonyl (C=O) groups excluding carboxylic acids is 1. The molecule has 0 spiro atoms. The van der Waals surface area contributed by atoms with Crippen LogP contribution in [0.2, 0.25) is 0 Å². The molecule has 2 N–H and O–H groups in total. The van der Waals surface area contributed by atoms with Crippen LogP contribution in [-0.2, 0) is 6.61 Å². The van der Waals surface area contributed by atoms with Crippen LogP contribution in [0, 0.1) is 6.92 Å². The monoisotopic (exact) mass is 309 g/mol. The first-order valence-electron chi connectivity index (χ1n) is 7.04. The van der Waals surface area contributed by atoms with Crippen molar-refractivity contribution >= 4 is 5.91 Å². The number of ether oxygens (including phenoxy) is 1. The molecule has 3 aromatic rings. The van der Waals surface area contributed by atoms with Crippen LogP contribution in [0.15, 0.2) is 53.1 Å². The number of nitrogens with two attached hydrogens (primary N) is 1. The van der Waals surface area contributed by atoms with Gasteiger partial charge < -0.3 is 15.0 Å². The Labute approximate surface area is 132 Å². The Morgan fingerprint density at radius 1 is 1.22 bits per heavy atom. The van der Waals surface area contributed by atoms with Crippen LogP contribution in [0.25, 0.3) is 11.4 Å². The van der Waals surface area contributed by atoms with E-state index in [1.165, 1.54) is 0 Å². The van der Waals surface area contributed by atoms with Crippen molar-refractivity contribution in [3.05, 3.63) is 65.5 Å². The van der Waals surface area contributed by atoms with Crippen molar-refractivity contribution < 1.29 is 14.1 Å². The fourth-order valence-corrected chi connectivity index (χ4v) is 2.07. The third kappa shape index (κ3) is 3.55. The largest absolute Gasteiger partial charge is 0.489 e. The van der Waals surface area contributed by atoms with Crippen LogP contribution in [-0.4, -0.2) is 16.0 Å². The van der Waals surface area contributed by atoms with E-state index in [1.54, 1.807) is 19.1 Å². The van der Waals surface area contributed by atoms with E-state index in [-0.39, 0.29) is 0 Å². The summed E-state index contributed by atoms with van der Waals surface area (Å²) < 4.78 is 10.7. The number of hydrogen-bond acceptors (Lipinski definition) is 5. The van der Waals surface area contributed by atoms with Crippen LogP contribution in [0.4, 0.5) is 0 Å². The van der Waals surface area contributed by atoms with Crippen molar-refractivity contribution in [2.45, 2.75) is 13.5 Å². The van der Waals surface area contributed by atoms with Gasteiger partial charge in [-0.25, -0.2) is 0 Å². The Bertz CT molecular complexity index is 825. The molecular formula is C17H15N3O3. The fourth-order valence-electron chi connectivity index (χ4n) is 2.07. The lowest BCUT2D eigenvalue weighted by atomic mass is 10.1. The third-order valence-corrected chi connectivity index (χ3v) is 3.26. The molecule has 0 aliphatic rings. The number of amides is 1. The summed E-state index contributed by atoms with van der Waals surface area (Å²) in [4.78, 5) is 15.2. The average Bonchev–Trinajstić information content (AvgIpc) is 3.00. The first-order valence-corrected chi connectivity index (χ1v) is 7.04. The van der Waals surface area contributed by atoms with E-state index in [1.807, 2.05) is 36.4 Å². The van der Waals surface area contributed by atoms with E-state index in [2.05, 4.69) is 10.1 Å². The number of benzene rings is 2. The van der Waals surface area contributed by atoms with E-state index in [9.17, 15) is 4.79 Å². The molecule has 6 nitrogen and oxygen atoms in total. The second kappa shape index (κ2) is 6.31. The van der Waals surface area contributed by atoms with Crippen molar-refractivity contribution in [1.82, 2.24) is 10.1 Å². The zero-order chi connectivity index (χ0) is 16.2. The summed E-state index contributed by atoms with van der Waals surface area (Å²) in [6, 6.07) is 14.4. The molecular weight excluding hydrogens is 294 g/mol. The summed E-state index contributed by atoms with van der Waals surface area (Å²) in [5.74, 6) is 1.30. The molecule has 116 valence electrons. The summed E-state index contributed by atoms with van der Waals surface area (Å²) in [6.45, 7) is 2.13. The van der Waals surface area contributed by atoms with Gasteiger partial charge in [0.2, 0.25) is 17.6 Å². The minimum atomic E-state index is -0.444. The Kier molecular flexibility index (Phi) is 4.05. The van der Waals surface area contributed by atoms with Crippen molar-refractivity contribution in [2.75, 3.05) is 0 Å². The zero-order valence-electron chi connectivity index (χ0n) is 12.5. The molecule has 2 aromatic carbocycles. The number of carbonyl (C=O) groups is 1. The molecule has 0 aliphatic heterocycles. The minimum Gasteiger partial charge on any atom is -0.489 e. The van der Waals surface area contributed by atoms with Gasteiger partial charge in [-0.3, -0.25) is 4.79 Å². The maximum Gasteiger partial charge on any atom is 0.248 e. The Morgan fingerprint density at radius 2 is 2.00 bits per heavy atom. The van der Waals surface area contributed by atoms with Crippen LogP contribution < -0.4 is 10.5 Å². The van der Waals surface area contributed by atoms with Crippen molar-refractivity contribution in [3.8, 4) is 17.1 Å².